The molecule has 1 heterocycles. The third-order valence-electron chi connectivity index (χ3n) is 19.6. The van der Waals surface area contributed by atoms with Crippen LogP contribution in [0.1, 0.15) is 206 Å². The average molecular weight is 1740 g/mol. The number of primary amides is 2. The molecular weight excluding hydrogens is 1610 g/mol. The number of carboxylic acids is 1. The van der Waals surface area contributed by atoms with Crippen molar-refractivity contribution in [1.82, 2.24) is 84.4 Å². The Balaban J connectivity index is 2.49. The molecule has 32 N–H and O–H groups in total. The van der Waals surface area contributed by atoms with Crippen LogP contribution in [-0.2, 0) is 89.6 Å². The third-order valence-corrected chi connectivity index (χ3v) is 19.6. The van der Waals surface area contributed by atoms with Crippen LogP contribution in [0, 0.1) is 11.3 Å². The number of H-pyrrole nitrogens is 1. The van der Waals surface area contributed by atoms with E-state index in [4.69, 9.17) is 39.2 Å². The van der Waals surface area contributed by atoms with E-state index in [9.17, 15) is 102 Å². The van der Waals surface area contributed by atoms with Crippen molar-refractivity contribution in [1.29, 1.82) is 5.41 Å². The molecule has 123 heavy (non-hydrogen) atoms. The molecule has 0 aliphatic heterocycles. The number of guanidine groups is 1. The number of aromatic hydroxyl groups is 1. The molecule has 1 aromatic heterocycles. The molecule has 0 bridgehead atoms. The van der Waals surface area contributed by atoms with Crippen LogP contribution < -0.4 is 103 Å². The highest BCUT2D eigenvalue weighted by atomic mass is 16.4. The van der Waals surface area contributed by atoms with Crippen LogP contribution in [0.4, 0.5) is 0 Å². The van der Waals surface area contributed by atoms with Crippen LogP contribution in [0.15, 0.2) is 36.8 Å². The summed E-state index contributed by atoms with van der Waals surface area (Å²) in [5.41, 5.74) is 28.6. The molecule has 692 valence electrons. The van der Waals surface area contributed by atoms with Gasteiger partial charge in [0.25, 0.3) is 0 Å². The zero-order valence-corrected chi connectivity index (χ0v) is 70.8. The fraction of sp³-hybridized carbons (Fsp3) is 0.671. The zero-order chi connectivity index (χ0) is 91.9. The number of unbranched alkanes of at least 4 members (excludes halogenated alkanes) is 14. The smallest absolute Gasteiger partial charge is 0.305 e. The fourth-order valence-corrected chi connectivity index (χ4v) is 12.6. The summed E-state index contributed by atoms with van der Waals surface area (Å²) >= 11 is 0. The van der Waals surface area contributed by atoms with Crippen LogP contribution in [0.25, 0.3) is 0 Å². The van der Waals surface area contributed by atoms with E-state index in [0.717, 1.165) is 32.6 Å². The average Bonchev–Trinajstić information content (AvgIpc) is 1.29. The van der Waals surface area contributed by atoms with E-state index in [0.29, 0.717) is 24.8 Å². The Bertz CT molecular complexity index is 3650. The number of nitrogens with two attached hydrogens (primary N) is 5. The maximum absolute atomic E-state index is 14.9. The molecule has 0 saturated carbocycles. The Morgan fingerprint density at radius 2 is 0.837 bits per heavy atom. The molecule has 0 fully saturated rings. The Morgan fingerprint density at radius 3 is 1.26 bits per heavy atom. The minimum atomic E-state index is -1.98. The number of phenolic OH excluding ortho intramolecular Hbond substituents is 1. The maximum atomic E-state index is 14.9. The van der Waals surface area contributed by atoms with Crippen LogP contribution >= 0.6 is 0 Å². The van der Waals surface area contributed by atoms with Gasteiger partial charge in [-0.25, -0.2) is 4.98 Å². The van der Waals surface area contributed by atoms with E-state index in [2.05, 4.69) is 80.7 Å². The Kier molecular flexibility index (Phi) is 53.6. The molecule has 15 amide bonds. The summed E-state index contributed by atoms with van der Waals surface area (Å²) in [4.78, 5) is 225. The number of phenols is 1. The molecule has 0 aliphatic carbocycles. The largest absolute Gasteiger partial charge is 0.508 e. The van der Waals surface area contributed by atoms with Gasteiger partial charge in [-0.05, 0) is 114 Å². The highest BCUT2D eigenvalue weighted by molar-refractivity contribution is 6.00. The number of imidazole rings is 1. The normalized spacial score (nSPS) is 14.3. The molecule has 2 rings (SSSR count). The lowest BCUT2D eigenvalue weighted by Gasteiger charge is -2.29. The first-order valence-electron chi connectivity index (χ1n) is 41.9. The third kappa shape index (κ3) is 45.5. The van der Waals surface area contributed by atoms with Crippen molar-refractivity contribution in [3.8, 4) is 5.75 Å². The maximum Gasteiger partial charge on any atom is 0.305 e. The van der Waals surface area contributed by atoms with E-state index in [-0.39, 0.29) is 95.3 Å². The monoisotopic (exact) mass is 1740 g/mol. The first-order valence-corrected chi connectivity index (χ1v) is 41.9. The second-order valence-corrected chi connectivity index (χ2v) is 30.6. The standard InChI is InChI=1S/C79H134N22O22/c1-5-6-7-8-9-10-11-12-13-14-15-16-17-26-63(108)88-41-64(109)90-59(42-102)75(120)98-58(38-49-40-86-45-89-49)74(119)97-57(37-48-27-29-50(106)30-28-48)73(118)94-54(31-32-62(82)107)71(116)92-51(23-18-20-33-80)68(113)91-52(24-19-21-34-81)69(114)96-56(36-46(2)3)72(117)93-53(25-22-35-87-79(84)85)70(115)99-60(43-103)76(121)100-61(44-104)77(122)101-66(47(4)105)78(123)95-55(67(83)112)39-65(110)111/h27-30,40,45-47,51-61,66,102-106H,5-26,31-39,41-44,80-81H2,1-4H3,(H2,82,107)(H2,83,112)(H,86,89)(H,88,108)(H,90,109)(H,91,113)(H,92,116)(H,93,117)(H,94,118)(H,95,123)(H,96,114)(H,97,119)(H,98,120)(H,99,115)(H,100,121)(H,101,122)(H,110,111)(H4,84,85,87)/t47-,51+,52+,53+,54+,55+,56+,57+,58+,59+,60+,61+,66+/m1/s1. The molecule has 0 spiro atoms. The van der Waals surface area contributed by atoms with Gasteiger partial charge in [0.15, 0.2) is 5.96 Å². The van der Waals surface area contributed by atoms with Gasteiger partial charge >= 0.3 is 5.97 Å². The first kappa shape index (κ1) is 108. The predicted molar refractivity (Wildman–Crippen MR) is 448 cm³/mol. The summed E-state index contributed by atoms with van der Waals surface area (Å²) in [6.07, 6.45) is 13.1. The van der Waals surface area contributed by atoms with Crippen molar-refractivity contribution < 1.29 is 107 Å². The molecule has 1 aromatic carbocycles. The van der Waals surface area contributed by atoms with Gasteiger partial charge < -0.3 is 139 Å². The van der Waals surface area contributed by atoms with Gasteiger partial charge in [0.05, 0.1) is 45.2 Å². The number of nitrogens with one attached hydrogen (secondary N) is 16. The SMILES string of the molecule is CCCCCCCCCCCCCCCC(=O)NCC(=O)N[C@@H](CO)C(=O)N[C@@H](Cc1cnc[nH]1)C(=O)N[C@@H](Cc1ccc(O)cc1)C(=O)N[C@@H](CCC(N)=O)C(=O)N[C@@H](CCCCN)C(=O)N[C@@H](CCCCN)C(=O)N[C@@H](CC(C)C)C(=O)N[C@@H](CCCNC(=N)N)C(=O)N[C@@H](CO)C(=O)N[C@@H](CO)C(=O)N[C@H](C(=O)N[C@@H](CC(=O)O)C(N)=O)[C@@H](C)O. The van der Waals surface area contributed by atoms with E-state index >= 15 is 0 Å². The minimum Gasteiger partial charge on any atom is -0.508 e. The number of carbonyl (C=O) groups excluding carboxylic acids is 15. The molecule has 0 unspecified atom stereocenters. The highest BCUT2D eigenvalue weighted by Crippen LogP contribution is 2.17. The molecule has 2 aromatic rings. The lowest BCUT2D eigenvalue weighted by Crippen LogP contribution is -2.62. The van der Waals surface area contributed by atoms with E-state index in [1.807, 2.05) is 10.6 Å². The lowest BCUT2D eigenvalue weighted by molar-refractivity contribution is -0.141. The Labute approximate surface area is 715 Å². The van der Waals surface area contributed by atoms with Crippen molar-refractivity contribution in [2.45, 2.75) is 286 Å². The molecule has 0 aliphatic rings. The topological polar surface area (TPSA) is 746 Å². The lowest BCUT2D eigenvalue weighted by atomic mass is 10.0. The number of nitrogens with zero attached hydrogens (tertiary/aromatic N) is 1. The van der Waals surface area contributed by atoms with Gasteiger partial charge in [0.2, 0.25) is 88.6 Å². The zero-order valence-electron chi connectivity index (χ0n) is 70.8. The number of carbonyl (C=O) groups is 16. The molecular formula is C79H134N22O22. The Hall–Kier alpha value is -11.2. The molecule has 0 radical (unpaired) electrons. The summed E-state index contributed by atoms with van der Waals surface area (Å²) in [5, 5.41) is 102. The number of aliphatic hydroxyl groups excluding tert-OH is 4. The quantitative estimate of drug-likeness (QED) is 0.0167. The van der Waals surface area contributed by atoms with Gasteiger partial charge in [-0.15, -0.1) is 0 Å². The summed E-state index contributed by atoms with van der Waals surface area (Å²) in [6, 6.07) is -15.1. The number of benzene rings is 1. The number of hydrogen-bond donors (Lipinski definition) is 27. The number of hydrogen-bond acceptors (Lipinski definition) is 25. The van der Waals surface area contributed by atoms with Crippen LogP contribution in [0.2, 0.25) is 0 Å². The number of aliphatic carboxylic acids is 1. The van der Waals surface area contributed by atoms with Crippen LogP contribution in [-0.4, -0.2) is 266 Å². The molecule has 13 atom stereocenters. The predicted octanol–water partition coefficient (Wildman–Crippen LogP) is -5.53. The number of aromatic nitrogens is 2. The number of rotatable bonds is 67. The van der Waals surface area contributed by atoms with Crippen LogP contribution in [0.5, 0.6) is 5.75 Å². The summed E-state index contributed by atoms with van der Waals surface area (Å²) in [6.45, 7) is 2.87. The minimum absolute atomic E-state index is 0.0208. The highest BCUT2D eigenvalue weighted by Gasteiger charge is 2.39. The molecule has 44 nitrogen and oxygen atoms in total. The molecule has 44 heteroatoms. The summed E-state index contributed by atoms with van der Waals surface area (Å²) in [5.74, 6) is -18.3. The second-order valence-electron chi connectivity index (χ2n) is 30.6. The van der Waals surface area contributed by atoms with Crippen molar-refractivity contribution in [3.63, 3.8) is 0 Å². The van der Waals surface area contributed by atoms with E-state index in [1.54, 1.807) is 13.8 Å². The van der Waals surface area contributed by atoms with Crippen molar-refractivity contribution in [2.24, 2.45) is 34.6 Å². The van der Waals surface area contributed by atoms with E-state index < -0.39 is 231 Å². The fourth-order valence-electron chi connectivity index (χ4n) is 12.6. The van der Waals surface area contributed by atoms with Gasteiger partial charge in [0.1, 0.15) is 78.3 Å². The van der Waals surface area contributed by atoms with Crippen molar-refractivity contribution in [3.05, 3.63) is 48.0 Å². The van der Waals surface area contributed by atoms with Crippen molar-refractivity contribution >= 4 is 101 Å². The van der Waals surface area contributed by atoms with Gasteiger partial charge in [-0.2, -0.15) is 0 Å². The van der Waals surface area contributed by atoms with Crippen LogP contribution in [0.3, 0.4) is 0 Å². The summed E-state index contributed by atoms with van der Waals surface area (Å²) < 4.78 is 0. The van der Waals surface area contributed by atoms with Gasteiger partial charge in [-0.3, -0.25) is 82.1 Å². The second kappa shape index (κ2) is 61.1. The first-order chi connectivity index (χ1) is 58.5. The Morgan fingerprint density at radius 1 is 0.439 bits per heavy atom. The number of aliphatic hydroxyl groups is 4. The van der Waals surface area contributed by atoms with Gasteiger partial charge in [0, 0.05) is 44.1 Å². The molecule has 0 saturated heterocycles. The van der Waals surface area contributed by atoms with E-state index in [1.165, 1.54) is 88.2 Å². The number of aromatic amines is 1. The van der Waals surface area contributed by atoms with Gasteiger partial charge in [-0.1, -0.05) is 110 Å². The number of carboxylic acid groups (broad SMARTS) is 1. The number of amides is 15. The van der Waals surface area contributed by atoms with Crippen molar-refractivity contribution in [2.75, 3.05) is 46.0 Å². The summed E-state index contributed by atoms with van der Waals surface area (Å²) in [7, 11) is 0.